The first-order chi connectivity index (χ1) is 19.1. The van der Waals surface area contributed by atoms with Crippen molar-refractivity contribution in [3.63, 3.8) is 0 Å². The molecule has 1 fully saturated rings. The number of phenols is 1. The summed E-state index contributed by atoms with van der Waals surface area (Å²) < 4.78 is 13.4. The average molecular weight is 535 g/mol. The van der Waals surface area contributed by atoms with Gasteiger partial charge in [0.05, 0.1) is 18.8 Å². The van der Waals surface area contributed by atoms with Crippen LogP contribution in [0.2, 0.25) is 0 Å². The van der Waals surface area contributed by atoms with Crippen LogP contribution in [0.3, 0.4) is 0 Å². The molecular weight excluding hydrogens is 508 g/mol. The molecule has 0 bridgehead atoms. The van der Waals surface area contributed by atoms with E-state index in [2.05, 4.69) is 25.8 Å². The normalized spacial score (nSPS) is 16.6. The van der Waals surface area contributed by atoms with Gasteiger partial charge in [0, 0.05) is 29.5 Å². The van der Waals surface area contributed by atoms with Gasteiger partial charge in [0.1, 0.15) is 29.0 Å². The standard InChI is InChI=1S/C31H26N4O3S/c1-37-24-15-17-26(18-16-24)38-25-13-9-22(10-14-25)35-30(29(33-31(35)39)27-5-2-3-19-32-27)28-6-4-20-34(28)21-7-11-23(36)12-8-21/h2-20,29-30,36H,1H3,(H,33,39)/t29-,30+/m0/s1. The first-order valence-electron chi connectivity index (χ1n) is 12.5. The number of methoxy groups -OCH3 is 1. The molecule has 7 nitrogen and oxygen atoms in total. The number of nitrogens with zero attached hydrogens (tertiary/aromatic N) is 3. The highest BCUT2D eigenvalue weighted by molar-refractivity contribution is 7.80. The summed E-state index contributed by atoms with van der Waals surface area (Å²) in [5, 5.41) is 13.9. The third kappa shape index (κ3) is 4.89. The summed E-state index contributed by atoms with van der Waals surface area (Å²) in [4.78, 5) is 6.77. The molecule has 6 rings (SSSR count). The lowest BCUT2D eigenvalue weighted by Gasteiger charge is -2.29. The maximum absolute atomic E-state index is 9.82. The Bertz CT molecular complexity index is 1570. The van der Waals surface area contributed by atoms with Crippen LogP contribution in [0.4, 0.5) is 5.69 Å². The fraction of sp³-hybridized carbons (Fsp3) is 0.0968. The predicted molar refractivity (Wildman–Crippen MR) is 155 cm³/mol. The topological polar surface area (TPSA) is 71.8 Å². The van der Waals surface area contributed by atoms with Crippen LogP contribution >= 0.6 is 12.2 Å². The van der Waals surface area contributed by atoms with Gasteiger partial charge in [-0.3, -0.25) is 4.98 Å². The Balaban J connectivity index is 1.36. The molecule has 2 N–H and O–H groups in total. The van der Waals surface area contributed by atoms with Crippen molar-refractivity contribution in [2.24, 2.45) is 0 Å². The molecule has 3 aromatic carbocycles. The second-order valence-corrected chi connectivity index (χ2v) is 9.47. The van der Waals surface area contributed by atoms with Crippen molar-refractivity contribution >= 4 is 23.0 Å². The molecule has 1 saturated heterocycles. The number of pyridine rings is 1. The SMILES string of the molecule is COc1ccc(Oc2ccc(N3C(=S)N[C@@H](c4ccccn4)[C@H]3c3cccn3-c3ccc(O)cc3)cc2)cc1. The van der Waals surface area contributed by atoms with Gasteiger partial charge in [-0.05, 0) is 109 Å². The van der Waals surface area contributed by atoms with E-state index in [1.54, 1.807) is 25.4 Å². The fourth-order valence-corrected chi connectivity index (χ4v) is 5.22. The lowest BCUT2D eigenvalue weighted by molar-refractivity contribution is 0.413. The number of benzene rings is 3. The van der Waals surface area contributed by atoms with E-state index in [1.807, 2.05) is 91.1 Å². The molecule has 2 atom stereocenters. The summed E-state index contributed by atoms with van der Waals surface area (Å²) in [6.07, 6.45) is 3.81. The van der Waals surface area contributed by atoms with E-state index in [9.17, 15) is 5.11 Å². The summed E-state index contributed by atoms with van der Waals surface area (Å²) in [6, 6.07) is 32.2. The highest BCUT2D eigenvalue weighted by Crippen LogP contribution is 2.42. The van der Waals surface area contributed by atoms with Gasteiger partial charge >= 0.3 is 0 Å². The second-order valence-electron chi connectivity index (χ2n) is 9.09. The summed E-state index contributed by atoms with van der Waals surface area (Å²) in [5.74, 6) is 2.44. The molecule has 5 aromatic rings. The Hall–Kier alpha value is -4.82. The van der Waals surface area contributed by atoms with Crippen LogP contribution in [0.5, 0.6) is 23.0 Å². The van der Waals surface area contributed by atoms with E-state index >= 15 is 0 Å². The van der Waals surface area contributed by atoms with Gasteiger partial charge in [-0.1, -0.05) is 6.07 Å². The van der Waals surface area contributed by atoms with Crippen molar-refractivity contribution in [3.05, 3.63) is 127 Å². The van der Waals surface area contributed by atoms with Crippen LogP contribution in [0.15, 0.2) is 116 Å². The average Bonchev–Trinajstić information content (AvgIpc) is 3.59. The van der Waals surface area contributed by atoms with Crippen LogP contribution in [0, 0.1) is 0 Å². The summed E-state index contributed by atoms with van der Waals surface area (Å²) in [7, 11) is 1.64. The van der Waals surface area contributed by atoms with Crippen LogP contribution in [-0.4, -0.2) is 26.9 Å². The summed E-state index contributed by atoms with van der Waals surface area (Å²) in [5.41, 5.74) is 3.79. The summed E-state index contributed by atoms with van der Waals surface area (Å²) >= 11 is 5.89. The molecule has 1 aliphatic rings. The van der Waals surface area contributed by atoms with Crippen molar-refractivity contribution in [3.8, 4) is 28.7 Å². The molecular formula is C31H26N4O3S. The number of nitrogens with one attached hydrogen (secondary N) is 1. The largest absolute Gasteiger partial charge is 0.508 e. The first-order valence-corrected chi connectivity index (χ1v) is 12.9. The Morgan fingerprint density at radius 2 is 1.46 bits per heavy atom. The van der Waals surface area contributed by atoms with E-state index in [0.717, 1.165) is 34.3 Å². The number of phenolic OH excluding ortho intramolecular Hbond substituents is 1. The molecule has 0 unspecified atom stereocenters. The molecule has 0 aliphatic carbocycles. The van der Waals surface area contributed by atoms with E-state index in [0.29, 0.717) is 10.9 Å². The molecule has 1 aliphatic heterocycles. The molecule has 194 valence electrons. The number of hydrogen-bond donors (Lipinski definition) is 2. The number of anilines is 1. The molecule has 0 radical (unpaired) electrons. The zero-order valence-corrected chi connectivity index (χ0v) is 22.0. The molecule has 3 heterocycles. The number of thiocarbonyl (C=S) groups is 1. The number of aromatic nitrogens is 2. The Morgan fingerprint density at radius 3 is 2.13 bits per heavy atom. The minimum atomic E-state index is -0.190. The van der Waals surface area contributed by atoms with E-state index < -0.39 is 0 Å². The van der Waals surface area contributed by atoms with Crippen molar-refractivity contribution < 1.29 is 14.6 Å². The van der Waals surface area contributed by atoms with E-state index in [4.69, 9.17) is 21.7 Å². The van der Waals surface area contributed by atoms with Crippen molar-refractivity contribution in [2.75, 3.05) is 12.0 Å². The van der Waals surface area contributed by atoms with Crippen molar-refractivity contribution in [2.45, 2.75) is 12.1 Å². The Labute approximate surface area is 231 Å². The minimum absolute atomic E-state index is 0.181. The highest BCUT2D eigenvalue weighted by atomic mass is 32.1. The zero-order valence-electron chi connectivity index (χ0n) is 21.1. The monoisotopic (exact) mass is 534 g/mol. The van der Waals surface area contributed by atoms with Gasteiger partial charge in [0.2, 0.25) is 0 Å². The van der Waals surface area contributed by atoms with Gasteiger partial charge in [-0.2, -0.15) is 0 Å². The maximum atomic E-state index is 9.82. The molecule has 2 aromatic heterocycles. The van der Waals surface area contributed by atoms with Gasteiger partial charge in [0.25, 0.3) is 0 Å². The molecule has 0 spiro atoms. The van der Waals surface area contributed by atoms with Gasteiger partial charge < -0.3 is 29.4 Å². The smallest absolute Gasteiger partial charge is 0.174 e. The predicted octanol–water partition coefficient (Wildman–Crippen LogP) is 6.56. The Kier molecular flexibility index (Phi) is 6.61. The number of aromatic hydroxyl groups is 1. The van der Waals surface area contributed by atoms with Crippen LogP contribution in [-0.2, 0) is 0 Å². The molecule has 0 amide bonds. The van der Waals surface area contributed by atoms with Gasteiger partial charge in [-0.15, -0.1) is 0 Å². The zero-order chi connectivity index (χ0) is 26.8. The quantitative estimate of drug-likeness (QED) is 0.229. The third-order valence-corrected chi connectivity index (χ3v) is 7.03. The van der Waals surface area contributed by atoms with E-state index in [1.165, 1.54) is 0 Å². The lowest BCUT2D eigenvalue weighted by Crippen LogP contribution is -2.30. The van der Waals surface area contributed by atoms with Gasteiger partial charge in [0.15, 0.2) is 5.11 Å². The second kappa shape index (κ2) is 10.5. The number of rotatable bonds is 7. The van der Waals surface area contributed by atoms with E-state index in [-0.39, 0.29) is 17.8 Å². The molecule has 8 heteroatoms. The Morgan fingerprint density at radius 1 is 0.795 bits per heavy atom. The number of ether oxygens (including phenoxy) is 2. The van der Waals surface area contributed by atoms with Crippen LogP contribution < -0.4 is 19.7 Å². The van der Waals surface area contributed by atoms with Gasteiger partial charge in [-0.25, -0.2) is 0 Å². The van der Waals surface area contributed by atoms with Crippen molar-refractivity contribution in [1.82, 2.24) is 14.9 Å². The van der Waals surface area contributed by atoms with Crippen LogP contribution in [0.25, 0.3) is 5.69 Å². The first kappa shape index (κ1) is 24.5. The molecule has 0 saturated carbocycles. The summed E-state index contributed by atoms with van der Waals surface area (Å²) in [6.45, 7) is 0. The van der Waals surface area contributed by atoms with Crippen molar-refractivity contribution in [1.29, 1.82) is 0 Å². The number of hydrogen-bond acceptors (Lipinski definition) is 5. The minimum Gasteiger partial charge on any atom is -0.508 e. The maximum Gasteiger partial charge on any atom is 0.174 e. The highest BCUT2D eigenvalue weighted by Gasteiger charge is 2.42. The molecule has 39 heavy (non-hydrogen) atoms. The fourth-order valence-electron chi connectivity index (χ4n) is 4.87. The lowest BCUT2D eigenvalue weighted by atomic mass is 10.0. The van der Waals surface area contributed by atoms with Crippen LogP contribution in [0.1, 0.15) is 23.5 Å². The third-order valence-electron chi connectivity index (χ3n) is 6.72.